The highest BCUT2D eigenvalue weighted by molar-refractivity contribution is 6.30. The summed E-state index contributed by atoms with van der Waals surface area (Å²) in [7, 11) is 0. The highest BCUT2D eigenvalue weighted by atomic mass is 35.5. The summed E-state index contributed by atoms with van der Waals surface area (Å²) < 4.78 is 0. The number of nitrogens with one attached hydrogen (secondary N) is 2. The highest BCUT2D eigenvalue weighted by Crippen LogP contribution is 2.16. The Hall–Kier alpha value is -3.39. The molecule has 1 aromatic carbocycles. The summed E-state index contributed by atoms with van der Waals surface area (Å²) in [5.41, 5.74) is 1.79. The second-order valence-corrected chi connectivity index (χ2v) is 9.30. The summed E-state index contributed by atoms with van der Waals surface area (Å²) in [5.74, 6) is 0.404. The molecule has 0 saturated carbocycles. The predicted octanol–water partition coefficient (Wildman–Crippen LogP) is 2.89. The zero-order chi connectivity index (χ0) is 25.9. The first-order chi connectivity index (χ1) is 17.4. The van der Waals surface area contributed by atoms with Gasteiger partial charge in [0.1, 0.15) is 11.9 Å². The maximum Gasteiger partial charge on any atom is 0.245 e. The number of benzene rings is 1. The van der Waals surface area contributed by atoms with Crippen molar-refractivity contribution in [3.8, 4) is 0 Å². The van der Waals surface area contributed by atoms with Crippen molar-refractivity contribution in [2.75, 3.05) is 37.6 Å². The third kappa shape index (κ3) is 8.37. The van der Waals surface area contributed by atoms with Gasteiger partial charge >= 0.3 is 0 Å². The van der Waals surface area contributed by atoms with Gasteiger partial charge in [-0.15, -0.1) is 0 Å². The number of carbonyl (C=O) groups excluding carboxylic acids is 3. The first-order valence-corrected chi connectivity index (χ1v) is 12.6. The second-order valence-electron chi connectivity index (χ2n) is 8.86. The van der Waals surface area contributed by atoms with Crippen LogP contribution in [0.1, 0.15) is 30.5 Å². The van der Waals surface area contributed by atoms with Gasteiger partial charge in [0, 0.05) is 43.4 Å². The van der Waals surface area contributed by atoms with Crippen LogP contribution in [-0.4, -0.2) is 66.4 Å². The molecule has 2 heterocycles. The molecule has 1 aliphatic heterocycles. The van der Waals surface area contributed by atoms with Crippen molar-refractivity contribution in [2.24, 2.45) is 0 Å². The van der Waals surface area contributed by atoms with Crippen molar-refractivity contribution in [1.29, 1.82) is 0 Å². The van der Waals surface area contributed by atoms with Gasteiger partial charge < -0.3 is 20.4 Å². The van der Waals surface area contributed by atoms with Crippen LogP contribution in [0.15, 0.2) is 55.1 Å². The SMILES string of the molecule is C=CC(=O)NCCCC[C@H](NC(=O)Cc1ccc(Cl)cc1)C(=O)N1CCN(c2cccc(C)n2)CC1. The summed E-state index contributed by atoms with van der Waals surface area (Å²) in [4.78, 5) is 46.1. The first kappa shape index (κ1) is 27.2. The van der Waals surface area contributed by atoms with Crippen LogP contribution in [0, 0.1) is 6.92 Å². The molecule has 0 bridgehead atoms. The van der Waals surface area contributed by atoms with Crippen LogP contribution in [-0.2, 0) is 20.8 Å². The molecule has 1 atom stereocenters. The van der Waals surface area contributed by atoms with Crippen molar-refractivity contribution in [3.05, 3.63) is 71.4 Å². The minimum absolute atomic E-state index is 0.0774. The summed E-state index contributed by atoms with van der Waals surface area (Å²) in [5, 5.41) is 6.29. The number of nitrogens with zero attached hydrogens (tertiary/aromatic N) is 3. The van der Waals surface area contributed by atoms with Gasteiger partial charge in [-0.25, -0.2) is 4.98 Å². The molecular weight excluding hydrogens is 478 g/mol. The number of piperazine rings is 1. The number of unbranched alkanes of at least 4 members (excludes halogenated alkanes) is 1. The van der Waals surface area contributed by atoms with Crippen molar-refractivity contribution in [3.63, 3.8) is 0 Å². The van der Waals surface area contributed by atoms with Gasteiger partial charge in [-0.3, -0.25) is 14.4 Å². The van der Waals surface area contributed by atoms with E-state index in [2.05, 4.69) is 27.1 Å². The molecule has 0 aliphatic carbocycles. The van der Waals surface area contributed by atoms with Crippen LogP contribution in [0.4, 0.5) is 5.82 Å². The second kappa shape index (κ2) is 13.6. The fourth-order valence-electron chi connectivity index (χ4n) is 4.13. The van der Waals surface area contributed by atoms with Crippen molar-refractivity contribution < 1.29 is 14.4 Å². The van der Waals surface area contributed by atoms with Gasteiger partial charge in [-0.1, -0.05) is 36.4 Å². The van der Waals surface area contributed by atoms with Crippen molar-refractivity contribution in [1.82, 2.24) is 20.5 Å². The Labute approximate surface area is 217 Å². The Bertz CT molecular complexity index is 1050. The topological polar surface area (TPSA) is 94.6 Å². The van der Waals surface area contributed by atoms with Gasteiger partial charge in [-0.05, 0) is 62.1 Å². The fourth-order valence-corrected chi connectivity index (χ4v) is 4.25. The number of pyridine rings is 1. The van der Waals surface area contributed by atoms with E-state index in [-0.39, 0.29) is 24.1 Å². The summed E-state index contributed by atoms with van der Waals surface area (Å²) in [6, 6.07) is 12.4. The van der Waals surface area contributed by atoms with Crippen LogP contribution in [0.2, 0.25) is 5.02 Å². The van der Waals surface area contributed by atoms with E-state index in [0.717, 1.165) is 17.1 Å². The Morgan fingerprint density at radius 3 is 2.47 bits per heavy atom. The van der Waals surface area contributed by atoms with Crippen LogP contribution < -0.4 is 15.5 Å². The van der Waals surface area contributed by atoms with Crippen LogP contribution >= 0.6 is 11.6 Å². The van der Waals surface area contributed by atoms with Gasteiger partial charge in [0.25, 0.3) is 0 Å². The highest BCUT2D eigenvalue weighted by Gasteiger charge is 2.28. The number of anilines is 1. The lowest BCUT2D eigenvalue weighted by Gasteiger charge is -2.37. The number of rotatable bonds is 11. The maximum absolute atomic E-state index is 13.4. The number of amides is 3. The molecule has 3 amide bonds. The van der Waals surface area contributed by atoms with E-state index >= 15 is 0 Å². The molecule has 9 heteroatoms. The molecule has 192 valence electrons. The Morgan fingerprint density at radius 2 is 1.81 bits per heavy atom. The largest absolute Gasteiger partial charge is 0.353 e. The van der Waals surface area contributed by atoms with Crippen molar-refractivity contribution in [2.45, 2.75) is 38.6 Å². The molecular formula is C27H34ClN5O3. The van der Waals surface area contributed by atoms with E-state index in [4.69, 9.17) is 11.6 Å². The summed E-state index contributed by atoms with van der Waals surface area (Å²) in [6.45, 7) is 8.38. The maximum atomic E-state index is 13.4. The number of aromatic nitrogens is 1. The number of carbonyl (C=O) groups is 3. The quantitative estimate of drug-likeness (QED) is 0.357. The van der Waals surface area contributed by atoms with E-state index in [1.807, 2.05) is 30.0 Å². The molecule has 2 N–H and O–H groups in total. The Kier molecular flexibility index (Phi) is 10.3. The molecule has 1 saturated heterocycles. The number of halogens is 1. The smallest absolute Gasteiger partial charge is 0.245 e. The molecule has 3 rings (SSSR count). The third-order valence-corrected chi connectivity index (χ3v) is 6.36. The Balaban J connectivity index is 1.58. The molecule has 0 unspecified atom stereocenters. The van der Waals surface area contributed by atoms with Crippen molar-refractivity contribution >= 4 is 35.1 Å². The Morgan fingerprint density at radius 1 is 1.08 bits per heavy atom. The molecule has 1 aliphatic rings. The van der Waals surface area contributed by atoms with E-state index in [9.17, 15) is 14.4 Å². The summed E-state index contributed by atoms with van der Waals surface area (Å²) >= 11 is 5.94. The van der Waals surface area contributed by atoms with Gasteiger partial charge in [0.2, 0.25) is 17.7 Å². The van der Waals surface area contributed by atoms with Crippen LogP contribution in [0.3, 0.4) is 0 Å². The van der Waals surface area contributed by atoms with E-state index in [0.29, 0.717) is 57.0 Å². The number of hydrogen-bond donors (Lipinski definition) is 2. The van der Waals surface area contributed by atoms with Crippen LogP contribution in [0.25, 0.3) is 0 Å². The molecule has 2 aromatic rings. The van der Waals surface area contributed by atoms with Gasteiger partial charge in [-0.2, -0.15) is 0 Å². The minimum atomic E-state index is -0.622. The molecule has 36 heavy (non-hydrogen) atoms. The van der Waals surface area contributed by atoms with Gasteiger partial charge in [0.15, 0.2) is 0 Å². The fraction of sp³-hybridized carbons (Fsp3) is 0.407. The minimum Gasteiger partial charge on any atom is -0.353 e. The number of hydrogen-bond acceptors (Lipinski definition) is 5. The lowest BCUT2D eigenvalue weighted by molar-refractivity contribution is -0.136. The standard InChI is InChI=1S/C27H34ClN5O3/c1-3-25(34)29-14-5-4-8-23(31-26(35)19-21-10-12-22(28)13-11-21)27(36)33-17-15-32(16-18-33)24-9-6-7-20(2)30-24/h3,6-7,9-13,23H,1,4-5,8,14-19H2,2H3,(H,29,34)(H,31,35)/t23-/m0/s1. The summed E-state index contributed by atoms with van der Waals surface area (Å²) in [6.07, 6.45) is 3.28. The molecule has 0 spiro atoms. The predicted molar refractivity (Wildman–Crippen MR) is 142 cm³/mol. The number of aryl methyl sites for hydroxylation is 1. The average Bonchev–Trinajstić information content (AvgIpc) is 2.88. The van der Waals surface area contributed by atoms with E-state index in [1.54, 1.807) is 24.3 Å². The zero-order valence-corrected chi connectivity index (χ0v) is 21.5. The van der Waals surface area contributed by atoms with Crippen LogP contribution in [0.5, 0.6) is 0 Å². The average molecular weight is 512 g/mol. The third-order valence-electron chi connectivity index (χ3n) is 6.10. The molecule has 1 fully saturated rings. The molecule has 8 nitrogen and oxygen atoms in total. The van der Waals surface area contributed by atoms with E-state index < -0.39 is 6.04 Å². The normalized spacial score (nSPS) is 14.2. The molecule has 1 aromatic heterocycles. The monoisotopic (exact) mass is 511 g/mol. The van der Waals surface area contributed by atoms with E-state index in [1.165, 1.54) is 6.08 Å². The molecule has 0 radical (unpaired) electrons. The lowest BCUT2D eigenvalue weighted by Crippen LogP contribution is -2.55. The first-order valence-electron chi connectivity index (χ1n) is 12.3. The van der Waals surface area contributed by atoms with Gasteiger partial charge in [0.05, 0.1) is 6.42 Å². The zero-order valence-electron chi connectivity index (χ0n) is 20.7. The lowest BCUT2D eigenvalue weighted by atomic mass is 10.1.